The van der Waals surface area contributed by atoms with Gasteiger partial charge in [-0.25, -0.2) is 22.5 Å². The van der Waals surface area contributed by atoms with Crippen molar-refractivity contribution in [1.29, 1.82) is 0 Å². The lowest BCUT2D eigenvalue weighted by atomic mass is 10.0. The molecule has 1 aromatic rings. The molecule has 1 fully saturated rings. The summed E-state index contributed by atoms with van der Waals surface area (Å²) in [7, 11) is -3.87. The minimum atomic E-state index is -3.87. The molecule has 0 atom stereocenters. The summed E-state index contributed by atoms with van der Waals surface area (Å²) < 4.78 is 40.0. The number of hydrogen-bond donors (Lipinski definition) is 1. The lowest BCUT2D eigenvalue weighted by Crippen LogP contribution is -2.44. The fourth-order valence-electron chi connectivity index (χ4n) is 2.20. The third kappa shape index (κ3) is 2.63. The highest BCUT2D eigenvalue weighted by atomic mass is 32.2. The Balaban J connectivity index is 2.28. The first kappa shape index (κ1) is 12.4. The van der Waals surface area contributed by atoms with Crippen LogP contribution < -0.4 is 4.72 Å². The van der Waals surface area contributed by atoms with Crippen molar-refractivity contribution in [3.8, 4) is 0 Å². The molecule has 1 aliphatic rings. The van der Waals surface area contributed by atoms with Crippen LogP contribution >= 0.6 is 0 Å². The van der Waals surface area contributed by atoms with E-state index in [1.54, 1.807) is 0 Å². The molecule has 0 aliphatic heterocycles. The highest BCUT2D eigenvalue weighted by Gasteiger charge is 2.35. The van der Waals surface area contributed by atoms with E-state index in [-0.39, 0.29) is 0 Å². The molecule has 94 valence electrons. The summed E-state index contributed by atoms with van der Waals surface area (Å²) in [5.74, 6) is -0.818. The van der Waals surface area contributed by atoms with Gasteiger partial charge >= 0.3 is 0 Å². The van der Waals surface area contributed by atoms with Gasteiger partial charge in [-0.15, -0.1) is 0 Å². The van der Waals surface area contributed by atoms with E-state index in [0.29, 0.717) is 0 Å². The molecule has 17 heavy (non-hydrogen) atoms. The molecule has 0 unspecified atom stereocenters. The quantitative estimate of drug-likeness (QED) is 0.899. The van der Waals surface area contributed by atoms with Crippen LogP contribution in [0.3, 0.4) is 0 Å². The topological polar surface area (TPSA) is 59.1 Å². The van der Waals surface area contributed by atoms with Gasteiger partial charge in [-0.05, 0) is 31.9 Å². The Labute approximate surface area is 100 Å². The van der Waals surface area contributed by atoms with Gasteiger partial charge in [0.1, 0.15) is 0 Å². The molecular weight excluding hydrogens is 243 g/mol. The Bertz CT molecular complexity index is 510. The second-order valence-electron chi connectivity index (χ2n) is 4.66. The fourth-order valence-corrected chi connectivity index (χ4v) is 3.67. The van der Waals surface area contributed by atoms with Crippen molar-refractivity contribution in [3.05, 3.63) is 24.1 Å². The van der Waals surface area contributed by atoms with Crippen LogP contribution in [0.2, 0.25) is 0 Å². The molecule has 2 rings (SSSR count). The van der Waals surface area contributed by atoms with Gasteiger partial charge in [0, 0.05) is 11.7 Å². The van der Waals surface area contributed by atoms with Crippen LogP contribution in [0.15, 0.2) is 23.4 Å². The SMILES string of the molecule is CC1(NS(=O)(=O)c2ncccc2F)CCCC1. The normalized spacial score (nSPS) is 19.4. The minimum Gasteiger partial charge on any atom is -0.241 e. The summed E-state index contributed by atoms with van der Waals surface area (Å²) in [6, 6.07) is 2.46. The van der Waals surface area contributed by atoms with Crippen LogP contribution in [0.1, 0.15) is 32.6 Å². The fraction of sp³-hybridized carbons (Fsp3) is 0.545. The molecule has 1 saturated carbocycles. The Kier molecular flexibility index (Phi) is 3.18. The molecule has 0 radical (unpaired) electrons. The molecule has 1 N–H and O–H groups in total. The number of halogens is 1. The standard InChI is InChI=1S/C11H15FN2O2S/c1-11(6-2-3-7-11)14-17(15,16)10-9(12)5-4-8-13-10/h4-5,8,14H,2-3,6-7H2,1H3. The van der Waals surface area contributed by atoms with Crippen LogP contribution in [0.5, 0.6) is 0 Å². The van der Waals surface area contributed by atoms with Crippen molar-refractivity contribution in [3.63, 3.8) is 0 Å². The monoisotopic (exact) mass is 258 g/mol. The summed E-state index contributed by atoms with van der Waals surface area (Å²) in [4.78, 5) is 3.60. The predicted molar refractivity (Wildman–Crippen MR) is 61.4 cm³/mol. The third-order valence-corrected chi connectivity index (χ3v) is 4.64. The second-order valence-corrected chi connectivity index (χ2v) is 6.26. The number of rotatable bonds is 3. The molecule has 4 nitrogen and oxygen atoms in total. The molecular formula is C11H15FN2O2S. The van der Waals surface area contributed by atoms with E-state index in [1.165, 1.54) is 12.3 Å². The van der Waals surface area contributed by atoms with Crippen LogP contribution in [0.4, 0.5) is 4.39 Å². The molecule has 0 spiro atoms. The van der Waals surface area contributed by atoms with Gasteiger partial charge < -0.3 is 0 Å². The average Bonchev–Trinajstić information content (AvgIpc) is 2.64. The Morgan fingerprint density at radius 3 is 2.65 bits per heavy atom. The zero-order valence-electron chi connectivity index (χ0n) is 9.61. The van der Waals surface area contributed by atoms with Gasteiger partial charge in [0.05, 0.1) is 0 Å². The number of hydrogen-bond acceptors (Lipinski definition) is 3. The maximum Gasteiger partial charge on any atom is 0.261 e. The van der Waals surface area contributed by atoms with Crippen molar-refractivity contribution < 1.29 is 12.8 Å². The first-order valence-electron chi connectivity index (χ1n) is 5.57. The Morgan fingerprint density at radius 1 is 1.41 bits per heavy atom. The summed E-state index contributed by atoms with van der Waals surface area (Å²) in [6.07, 6.45) is 4.81. The molecule has 1 aliphatic carbocycles. The smallest absolute Gasteiger partial charge is 0.241 e. The largest absolute Gasteiger partial charge is 0.261 e. The highest BCUT2D eigenvalue weighted by molar-refractivity contribution is 7.89. The first-order valence-corrected chi connectivity index (χ1v) is 7.06. The van der Waals surface area contributed by atoms with Gasteiger partial charge in [-0.1, -0.05) is 12.8 Å². The van der Waals surface area contributed by atoms with E-state index >= 15 is 0 Å². The molecule has 0 bridgehead atoms. The molecule has 1 aromatic heterocycles. The zero-order valence-corrected chi connectivity index (χ0v) is 10.4. The number of aromatic nitrogens is 1. The van der Waals surface area contributed by atoms with E-state index in [1.807, 2.05) is 6.92 Å². The van der Waals surface area contributed by atoms with E-state index < -0.39 is 26.4 Å². The van der Waals surface area contributed by atoms with Crippen LogP contribution in [-0.4, -0.2) is 18.9 Å². The predicted octanol–water partition coefficient (Wildman–Crippen LogP) is 1.83. The van der Waals surface area contributed by atoms with Crippen LogP contribution in [-0.2, 0) is 10.0 Å². The van der Waals surface area contributed by atoms with E-state index in [9.17, 15) is 12.8 Å². The minimum absolute atomic E-state index is 0.469. The van der Waals surface area contributed by atoms with Gasteiger partial charge in [-0.2, -0.15) is 0 Å². The van der Waals surface area contributed by atoms with Crippen molar-refractivity contribution >= 4 is 10.0 Å². The summed E-state index contributed by atoms with van der Waals surface area (Å²) >= 11 is 0. The Hall–Kier alpha value is -1.01. The van der Waals surface area contributed by atoms with Crippen molar-refractivity contribution in [2.24, 2.45) is 0 Å². The van der Waals surface area contributed by atoms with Gasteiger partial charge in [-0.3, -0.25) is 0 Å². The third-order valence-electron chi connectivity index (χ3n) is 3.07. The molecule has 6 heteroatoms. The van der Waals surface area contributed by atoms with E-state index in [2.05, 4.69) is 9.71 Å². The van der Waals surface area contributed by atoms with E-state index in [4.69, 9.17) is 0 Å². The lowest BCUT2D eigenvalue weighted by molar-refractivity contribution is 0.424. The average molecular weight is 258 g/mol. The van der Waals surface area contributed by atoms with Gasteiger partial charge in [0.25, 0.3) is 10.0 Å². The van der Waals surface area contributed by atoms with Crippen molar-refractivity contribution in [2.45, 2.75) is 43.2 Å². The molecule has 0 amide bonds. The molecule has 0 aromatic carbocycles. The highest BCUT2D eigenvalue weighted by Crippen LogP contribution is 2.30. The number of sulfonamides is 1. The van der Waals surface area contributed by atoms with E-state index in [0.717, 1.165) is 31.7 Å². The van der Waals surface area contributed by atoms with Crippen molar-refractivity contribution in [1.82, 2.24) is 9.71 Å². The number of nitrogens with one attached hydrogen (secondary N) is 1. The number of pyridine rings is 1. The lowest BCUT2D eigenvalue weighted by Gasteiger charge is -2.24. The Morgan fingerprint density at radius 2 is 2.06 bits per heavy atom. The first-order chi connectivity index (χ1) is 7.93. The van der Waals surface area contributed by atoms with Crippen molar-refractivity contribution in [2.75, 3.05) is 0 Å². The number of nitrogens with zero attached hydrogens (tertiary/aromatic N) is 1. The zero-order chi connectivity index (χ0) is 12.5. The summed E-state index contributed by atoms with van der Waals surface area (Å²) in [5, 5.41) is -0.520. The summed E-state index contributed by atoms with van der Waals surface area (Å²) in [6.45, 7) is 1.85. The maximum absolute atomic E-state index is 13.4. The molecule has 1 heterocycles. The molecule has 0 saturated heterocycles. The maximum atomic E-state index is 13.4. The summed E-state index contributed by atoms with van der Waals surface area (Å²) in [5.41, 5.74) is -0.469. The van der Waals surface area contributed by atoms with Crippen LogP contribution in [0.25, 0.3) is 0 Å². The van der Waals surface area contributed by atoms with Gasteiger partial charge in [0.15, 0.2) is 5.82 Å². The van der Waals surface area contributed by atoms with Gasteiger partial charge in [0.2, 0.25) is 5.03 Å². The second kappa shape index (κ2) is 4.34. The van der Waals surface area contributed by atoms with Crippen LogP contribution in [0, 0.1) is 5.82 Å².